The van der Waals surface area contributed by atoms with Crippen LogP contribution in [0.2, 0.25) is 0 Å². The maximum Gasteiger partial charge on any atom is 0.307 e. The van der Waals surface area contributed by atoms with Gasteiger partial charge in [0.1, 0.15) is 5.82 Å². The van der Waals surface area contributed by atoms with Crippen LogP contribution in [-0.2, 0) is 11.3 Å². The first-order chi connectivity index (χ1) is 7.90. The van der Waals surface area contributed by atoms with Crippen LogP contribution in [0.15, 0.2) is 22.7 Å². The zero-order valence-corrected chi connectivity index (χ0v) is 11.4. The summed E-state index contributed by atoms with van der Waals surface area (Å²) in [6.45, 7) is 2.70. The minimum Gasteiger partial charge on any atom is -0.481 e. The summed E-state index contributed by atoms with van der Waals surface area (Å²) in [6, 6.07) is 4.50. The maximum absolute atomic E-state index is 12.9. The summed E-state index contributed by atoms with van der Waals surface area (Å²) in [4.78, 5) is 12.6. The van der Waals surface area contributed by atoms with Gasteiger partial charge in [-0.05, 0) is 24.7 Å². The second-order valence-electron chi connectivity index (χ2n) is 4.17. The Morgan fingerprint density at radius 3 is 2.76 bits per heavy atom. The summed E-state index contributed by atoms with van der Waals surface area (Å²) in [5.41, 5.74) is 0.937. The number of nitrogens with zero attached hydrogens (tertiary/aromatic N) is 1. The smallest absolute Gasteiger partial charge is 0.307 e. The van der Waals surface area contributed by atoms with Gasteiger partial charge in [-0.15, -0.1) is 0 Å². The zero-order valence-electron chi connectivity index (χ0n) is 9.78. The molecule has 0 aromatic heterocycles. The molecular weight excluding hydrogens is 289 g/mol. The summed E-state index contributed by atoms with van der Waals surface area (Å²) >= 11 is 3.29. The van der Waals surface area contributed by atoms with Crippen molar-refractivity contribution in [3.8, 4) is 0 Å². The van der Waals surface area contributed by atoms with Gasteiger partial charge in [0.25, 0.3) is 0 Å². The van der Waals surface area contributed by atoms with Crippen LogP contribution in [0.5, 0.6) is 0 Å². The van der Waals surface area contributed by atoms with Crippen LogP contribution in [0.3, 0.4) is 0 Å². The number of carboxylic acids is 1. The second-order valence-corrected chi connectivity index (χ2v) is 5.03. The third-order valence-corrected chi connectivity index (χ3v) is 3.20. The molecule has 1 rings (SSSR count). The summed E-state index contributed by atoms with van der Waals surface area (Å²) in [5.74, 6) is -1.52. The fourth-order valence-electron chi connectivity index (χ4n) is 1.55. The predicted molar refractivity (Wildman–Crippen MR) is 67.2 cm³/mol. The van der Waals surface area contributed by atoms with Crippen molar-refractivity contribution in [3.63, 3.8) is 0 Å². The van der Waals surface area contributed by atoms with Crippen molar-refractivity contribution in [1.82, 2.24) is 4.90 Å². The van der Waals surface area contributed by atoms with Crippen molar-refractivity contribution in [2.24, 2.45) is 5.92 Å². The molecule has 94 valence electrons. The minimum atomic E-state index is -0.810. The molecule has 3 nitrogen and oxygen atoms in total. The van der Waals surface area contributed by atoms with E-state index >= 15 is 0 Å². The fraction of sp³-hybridized carbons (Fsp3) is 0.417. The van der Waals surface area contributed by atoms with E-state index in [1.807, 2.05) is 11.9 Å². The second kappa shape index (κ2) is 6.12. The van der Waals surface area contributed by atoms with Gasteiger partial charge in [0.15, 0.2) is 0 Å². The molecule has 5 heteroatoms. The van der Waals surface area contributed by atoms with Crippen LogP contribution in [0.1, 0.15) is 12.5 Å². The highest BCUT2D eigenvalue weighted by molar-refractivity contribution is 9.10. The molecule has 0 amide bonds. The molecule has 0 aliphatic rings. The van der Waals surface area contributed by atoms with Crippen LogP contribution >= 0.6 is 15.9 Å². The summed E-state index contributed by atoms with van der Waals surface area (Å²) in [5, 5.41) is 8.80. The van der Waals surface area contributed by atoms with E-state index in [-0.39, 0.29) is 5.82 Å². The lowest BCUT2D eigenvalue weighted by Gasteiger charge is -2.19. The zero-order chi connectivity index (χ0) is 13.0. The van der Waals surface area contributed by atoms with E-state index in [0.29, 0.717) is 17.6 Å². The largest absolute Gasteiger partial charge is 0.481 e. The maximum atomic E-state index is 12.9. The lowest BCUT2D eigenvalue weighted by atomic mass is 10.1. The van der Waals surface area contributed by atoms with Crippen molar-refractivity contribution in [2.45, 2.75) is 13.5 Å². The lowest BCUT2D eigenvalue weighted by molar-refractivity contribution is -0.141. The summed E-state index contributed by atoms with van der Waals surface area (Å²) in [7, 11) is 1.84. The van der Waals surface area contributed by atoms with E-state index in [2.05, 4.69) is 15.9 Å². The number of rotatable bonds is 5. The standard InChI is InChI=1S/C12H15BrFNO2/c1-8(12(16)17)6-15(2)7-9-3-4-10(14)5-11(9)13/h3-5,8H,6-7H2,1-2H3,(H,16,17). The molecular formula is C12H15BrFNO2. The van der Waals surface area contributed by atoms with Crippen LogP contribution < -0.4 is 0 Å². The van der Waals surface area contributed by atoms with Crippen LogP contribution in [-0.4, -0.2) is 29.6 Å². The van der Waals surface area contributed by atoms with E-state index in [1.165, 1.54) is 12.1 Å². The molecule has 1 aromatic rings. The SMILES string of the molecule is CC(CN(C)Cc1ccc(F)cc1Br)C(=O)O. The topological polar surface area (TPSA) is 40.5 Å². The number of benzene rings is 1. The Labute approximate surface area is 108 Å². The molecule has 0 spiro atoms. The molecule has 1 unspecified atom stereocenters. The monoisotopic (exact) mass is 303 g/mol. The van der Waals surface area contributed by atoms with Gasteiger partial charge in [-0.1, -0.05) is 28.9 Å². The number of carboxylic acid groups (broad SMARTS) is 1. The fourth-order valence-corrected chi connectivity index (χ4v) is 2.03. The van der Waals surface area contributed by atoms with Crippen molar-refractivity contribution in [3.05, 3.63) is 34.1 Å². The van der Waals surface area contributed by atoms with Crippen molar-refractivity contribution in [2.75, 3.05) is 13.6 Å². The predicted octanol–water partition coefficient (Wildman–Crippen LogP) is 2.74. The Bertz CT molecular complexity index is 411. The van der Waals surface area contributed by atoms with Crippen LogP contribution in [0.25, 0.3) is 0 Å². The van der Waals surface area contributed by atoms with Gasteiger partial charge in [0, 0.05) is 17.6 Å². The molecule has 17 heavy (non-hydrogen) atoms. The first-order valence-corrected chi connectivity index (χ1v) is 6.04. The van der Waals surface area contributed by atoms with Gasteiger partial charge in [0.05, 0.1) is 5.92 Å². The van der Waals surface area contributed by atoms with E-state index in [9.17, 15) is 9.18 Å². The van der Waals surface area contributed by atoms with E-state index < -0.39 is 11.9 Å². The number of hydrogen-bond donors (Lipinski definition) is 1. The Balaban J connectivity index is 2.62. The van der Waals surface area contributed by atoms with Gasteiger partial charge in [-0.3, -0.25) is 4.79 Å². The van der Waals surface area contributed by atoms with Crippen molar-refractivity contribution in [1.29, 1.82) is 0 Å². The Hall–Kier alpha value is -0.940. The Morgan fingerprint density at radius 2 is 2.24 bits per heavy atom. The van der Waals surface area contributed by atoms with Crippen molar-refractivity contribution >= 4 is 21.9 Å². The minimum absolute atomic E-state index is 0.290. The molecule has 0 heterocycles. The number of hydrogen-bond acceptors (Lipinski definition) is 2. The molecule has 0 saturated carbocycles. The van der Waals surface area contributed by atoms with E-state index in [0.717, 1.165) is 5.56 Å². The lowest BCUT2D eigenvalue weighted by Crippen LogP contribution is -2.28. The van der Waals surface area contributed by atoms with Crippen LogP contribution in [0, 0.1) is 11.7 Å². The first-order valence-electron chi connectivity index (χ1n) is 5.25. The molecule has 0 fully saturated rings. The van der Waals surface area contributed by atoms with Gasteiger partial charge >= 0.3 is 5.97 Å². The summed E-state index contributed by atoms with van der Waals surface area (Å²) in [6.07, 6.45) is 0. The Kier molecular flexibility index (Phi) is 5.08. The average molecular weight is 304 g/mol. The Morgan fingerprint density at radius 1 is 1.59 bits per heavy atom. The highest BCUT2D eigenvalue weighted by Crippen LogP contribution is 2.19. The van der Waals surface area contributed by atoms with E-state index in [1.54, 1.807) is 13.0 Å². The van der Waals surface area contributed by atoms with Crippen LogP contribution in [0.4, 0.5) is 4.39 Å². The molecule has 0 radical (unpaired) electrons. The van der Waals surface area contributed by atoms with E-state index in [4.69, 9.17) is 5.11 Å². The number of carbonyl (C=O) groups is 1. The summed E-state index contributed by atoms with van der Waals surface area (Å²) < 4.78 is 13.6. The third-order valence-electron chi connectivity index (χ3n) is 2.46. The van der Waals surface area contributed by atoms with Gasteiger partial charge in [0.2, 0.25) is 0 Å². The van der Waals surface area contributed by atoms with Gasteiger partial charge in [-0.2, -0.15) is 0 Å². The molecule has 0 aliphatic heterocycles. The molecule has 1 aromatic carbocycles. The average Bonchev–Trinajstić information content (AvgIpc) is 2.22. The molecule has 1 N–H and O–H groups in total. The number of aliphatic carboxylic acids is 1. The molecule has 0 saturated heterocycles. The normalized spacial score (nSPS) is 12.8. The molecule has 0 aliphatic carbocycles. The third kappa shape index (κ3) is 4.44. The van der Waals surface area contributed by atoms with Crippen molar-refractivity contribution < 1.29 is 14.3 Å². The molecule has 1 atom stereocenters. The highest BCUT2D eigenvalue weighted by atomic mass is 79.9. The first kappa shape index (κ1) is 14.1. The highest BCUT2D eigenvalue weighted by Gasteiger charge is 2.14. The van der Waals surface area contributed by atoms with Gasteiger partial charge in [-0.25, -0.2) is 4.39 Å². The molecule has 0 bridgehead atoms. The van der Waals surface area contributed by atoms with Gasteiger partial charge < -0.3 is 10.0 Å². The number of halogens is 2. The quantitative estimate of drug-likeness (QED) is 0.909.